The molecule has 3 unspecified atom stereocenters. The zero-order valence-corrected chi connectivity index (χ0v) is 12.7. The van der Waals surface area contributed by atoms with E-state index in [1.54, 1.807) is 12.1 Å². The molecular weight excluding hydrogens is 239 g/mol. The molecule has 0 radical (unpaired) electrons. The molecule has 0 aliphatic rings. The number of nitrogens with zero attached hydrogens (tertiary/aromatic N) is 1. The Morgan fingerprint density at radius 2 is 1.63 bits per heavy atom. The van der Waals surface area contributed by atoms with Crippen LogP contribution in [-0.4, -0.2) is 24.0 Å². The van der Waals surface area contributed by atoms with Gasteiger partial charge in [-0.05, 0) is 50.9 Å². The zero-order chi connectivity index (χ0) is 14.6. The van der Waals surface area contributed by atoms with Crippen LogP contribution in [0.3, 0.4) is 0 Å². The molecule has 0 fully saturated rings. The molecule has 2 N–H and O–H groups in total. The third-order valence-electron chi connectivity index (χ3n) is 3.92. The van der Waals surface area contributed by atoms with Crippen LogP contribution in [0, 0.1) is 11.7 Å². The van der Waals surface area contributed by atoms with Gasteiger partial charge in [-0.3, -0.25) is 4.90 Å². The molecule has 0 aliphatic carbocycles. The first-order valence-corrected chi connectivity index (χ1v) is 7.06. The second kappa shape index (κ2) is 7.01. The Balaban J connectivity index is 2.70. The lowest BCUT2D eigenvalue weighted by Crippen LogP contribution is -2.43. The van der Waals surface area contributed by atoms with E-state index in [1.807, 2.05) is 0 Å². The van der Waals surface area contributed by atoms with Gasteiger partial charge in [0.1, 0.15) is 5.82 Å². The van der Waals surface area contributed by atoms with E-state index in [9.17, 15) is 4.39 Å². The van der Waals surface area contributed by atoms with E-state index in [-0.39, 0.29) is 17.9 Å². The van der Waals surface area contributed by atoms with Gasteiger partial charge >= 0.3 is 0 Å². The fraction of sp³-hybridized carbons (Fsp3) is 0.625. The van der Waals surface area contributed by atoms with E-state index >= 15 is 0 Å². The lowest BCUT2D eigenvalue weighted by atomic mass is 9.97. The maximum absolute atomic E-state index is 12.9. The number of halogens is 1. The van der Waals surface area contributed by atoms with E-state index in [2.05, 4.69) is 39.6 Å². The maximum atomic E-state index is 12.9. The van der Waals surface area contributed by atoms with Gasteiger partial charge in [0, 0.05) is 18.1 Å². The van der Waals surface area contributed by atoms with E-state index in [0.717, 1.165) is 12.0 Å². The van der Waals surface area contributed by atoms with Crippen molar-refractivity contribution in [3.05, 3.63) is 35.6 Å². The van der Waals surface area contributed by atoms with Crippen LogP contribution in [0.1, 0.15) is 45.7 Å². The minimum atomic E-state index is -0.217. The average molecular weight is 266 g/mol. The minimum absolute atomic E-state index is 0.0970. The van der Waals surface area contributed by atoms with Crippen LogP contribution in [-0.2, 0) is 0 Å². The third-order valence-corrected chi connectivity index (χ3v) is 3.92. The van der Waals surface area contributed by atoms with Gasteiger partial charge < -0.3 is 5.73 Å². The molecule has 0 heterocycles. The third kappa shape index (κ3) is 4.59. The molecule has 0 aromatic heterocycles. The van der Waals surface area contributed by atoms with Crippen molar-refractivity contribution in [2.75, 3.05) is 7.05 Å². The molecule has 1 aromatic carbocycles. The Labute approximate surface area is 116 Å². The van der Waals surface area contributed by atoms with Crippen molar-refractivity contribution in [3.8, 4) is 0 Å². The molecule has 0 amide bonds. The van der Waals surface area contributed by atoms with Gasteiger partial charge in [0.05, 0.1) is 0 Å². The van der Waals surface area contributed by atoms with Gasteiger partial charge in [-0.25, -0.2) is 4.39 Å². The van der Waals surface area contributed by atoms with Gasteiger partial charge in [-0.1, -0.05) is 26.0 Å². The molecule has 1 rings (SSSR count). The Bertz CT molecular complexity index is 375. The number of likely N-dealkylation sites (N-methyl/N-ethyl adjacent to an activating group) is 1. The summed E-state index contributed by atoms with van der Waals surface area (Å²) in [6.45, 7) is 8.82. The van der Waals surface area contributed by atoms with Crippen LogP contribution < -0.4 is 5.73 Å². The van der Waals surface area contributed by atoms with E-state index in [0.29, 0.717) is 12.0 Å². The number of rotatable bonds is 6. The van der Waals surface area contributed by atoms with Gasteiger partial charge in [-0.15, -0.1) is 0 Å². The highest BCUT2D eigenvalue weighted by molar-refractivity contribution is 5.20. The van der Waals surface area contributed by atoms with Crippen LogP contribution >= 0.6 is 0 Å². The summed E-state index contributed by atoms with van der Waals surface area (Å²) in [5, 5.41) is 0. The van der Waals surface area contributed by atoms with Crippen molar-refractivity contribution in [1.82, 2.24) is 4.90 Å². The highest BCUT2D eigenvalue weighted by Crippen LogP contribution is 2.21. The monoisotopic (exact) mass is 266 g/mol. The number of hydrogen-bond acceptors (Lipinski definition) is 2. The van der Waals surface area contributed by atoms with Crippen molar-refractivity contribution in [2.24, 2.45) is 11.7 Å². The second-order valence-corrected chi connectivity index (χ2v) is 5.96. The summed E-state index contributed by atoms with van der Waals surface area (Å²) in [4.78, 5) is 2.31. The number of nitrogens with two attached hydrogens (primary N) is 1. The zero-order valence-electron chi connectivity index (χ0n) is 12.7. The molecule has 2 nitrogen and oxygen atoms in total. The normalized spacial score (nSPS) is 16.7. The highest BCUT2D eigenvalue weighted by Gasteiger charge is 2.23. The van der Waals surface area contributed by atoms with E-state index in [1.165, 1.54) is 12.1 Å². The molecule has 0 saturated carbocycles. The standard InChI is InChI=1S/C16H27FN2/c1-11(2)10-12(3)19(5)13(4)16(18)14-6-8-15(17)9-7-14/h6-9,11-13,16H,10,18H2,1-5H3. The Hall–Kier alpha value is -0.930. The van der Waals surface area contributed by atoms with Crippen LogP contribution in [0.15, 0.2) is 24.3 Å². The number of benzene rings is 1. The molecule has 19 heavy (non-hydrogen) atoms. The molecule has 108 valence electrons. The number of hydrogen-bond donors (Lipinski definition) is 1. The molecule has 3 heteroatoms. The summed E-state index contributed by atoms with van der Waals surface area (Å²) < 4.78 is 12.9. The van der Waals surface area contributed by atoms with Crippen molar-refractivity contribution < 1.29 is 4.39 Å². The smallest absolute Gasteiger partial charge is 0.123 e. The summed E-state index contributed by atoms with van der Waals surface area (Å²) in [5.74, 6) is 0.455. The van der Waals surface area contributed by atoms with Crippen molar-refractivity contribution >= 4 is 0 Å². The summed E-state index contributed by atoms with van der Waals surface area (Å²) in [6.07, 6.45) is 1.15. The van der Waals surface area contributed by atoms with Gasteiger partial charge in [0.2, 0.25) is 0 Å². The predicted molar refractivity (Wildman–Crippen MR) is 79.5 cm³/mol. The minimum Gasteiger partial charge on any atom is -0.323 e. The van der Waals surface area contributed by atoms with Crippen LogP contribution in [0.5, 0.6) is 0 Å². The van der Waals surface area contributed by atoms with Crippen LogP contribution in [0.4, 0.5) is 4.39 Å². The molecule has 0 spiro atoms. The van der Waals surface area contributed by atoms with Gasteiger partial charge in [0.25, 0.3) is 0 Å². The lowest BCUT2D eigenvalue weighted by Gasteiger charge is -2.35. The highest BCUT2D eigenvalue weighted by atomic mass is 19.1. The van der Waals surface area contributed by atoms with Gasteiger partial charge in [-0.2, -0.15) is 0 Å². The van der Waals surface area contributed by atoms with Gasteiger partial charge in [0.15, 0.2) is 0 Å². The summed E-state index contributed by atoms with van der Waals surface area (Å²) in [7, 11) is 2.11. The van der Waals surface area contributed by atoms with Crippen LogP contribution in [0.2, 0.25) is 0 Å². The molecule has 1 aromatic rings. The molecular formula is C16H27FN2. The summed E-state index contributed by atoms with van der Waals surface area (Å²) in [6, 6.07) is 7.11. The first-order valence-electron chi connectivity index (χ1n) is 7.06. The predicted octanol–water partition coefficient (Wildman–Crippen LogP) is 3.58. The van der Waals surface area contributed by atoms with Crippen molar-refractivity contribution in [1.29, 1.82) is 0 Å². The van der Waals surface area contributed by atoms with E-state index in [4.69, 9.17) is 5.73 Å². The molecule has 0 saturated heterocycles. The topological polar surface area (TPSA) is 29.3 Å². The second-order valence-electron chi connectivity index (χ2n) is 5.96. The quantitative estimate of drug-likeness (QED) is 0.852. The van der Waals surface area contributed by atoms with Crippen LogP contribution in [0.25, 0.3) is 0 Å². The summed E-state index contributed by atoms with van der Waals surface area (Å²) >= 11 is 0. The largest absolute Gasteiger partial charge is 0.323 e. The lowest BCUT2D eigenvalue weighted by molar-refractivity contribution is 0.155. The Morgan fingerprint density at radius 3 is 2.11 bits per heavy atom. The Morgan fingerprint density at radius 1 is 1.11 bits per heavy atom. The molecule has 0 aliphatic heterocycles. The molecule has 0 bridgehead atoms. The average Bonchev–Trinajstić information content (AvgIpc) is 2.36. The molecule has 3 atom stereocenters. The SMILES string of the molecule is CC(C)CC(C)N(C)C(C)C(N)c1ccc(F)cc1. The first kappa shape index (κ1) is 16.1. The summed E-state index contributed by atoms with van der Waals surface area (Å²) in [5.41, 5.74) is 7.28. The fourth-order valence-electron chi connectivity index (χ4n) is 2.47. The fourth-order valence-corrected chi connectivity index (χ4v) is 2.47. The Kier molecular flexibility index (Phi) is 5.95. The van der Waals surface area contributed by atoms with Crippen molar-refractivity contribution in [3.63, 3.8) is 0 Å². The van der Waals surface area contributed by atoms with E-state index < -0.39 is 0 Å². The first-order chi connectivity index (χ1) is 8.82. The van der Waals surface area contributed by atoms with Crippen molar-refractivity contribution in [2.45, 2.75) is 52.2 Å². The maximum Gasteiger partial charge on any atom is 0.123 e.